The third-order valence-corrected chi connectivity index (χ3v) is 4.52. The monoisotopic (exact) mass is 247 g/mol. The molecule has 1 fully saturated rings. The van der Waals surface area contributed by atoms with Crippen molar-refractivity contribution in [1.29, 1.82) is 0 Å². The highest BCUT2D eigenvalue weighted by atomic mass is 16.5. The first-order valence-corrected chi connectivity index (χ1v) is 7.04. The minimum Gasteiger partial charge on any atom is -0.384 e. The van der Waals surface area contributed by atoms with Gasteiger partial charge in [-0.1, -0.05) is 37.3 Å². The van der Waals surface area contributed by atoms with Crippen LogP contribution in [0.1, 0.15) is 25.3 Å². The number of piperidine rings is 1. The summed E-state index contributed by atoms with van der Waals surface area (Å²) in [6.45, 7) is 5.44. The van der Waals surface area contributed by atoms with E-state index < -0.39 is 0 Å². The van der Waals surface area contributed by atoms with Gasteiger partial charge >= 0.3 is 0 Å². The Labute approximate surface area is 111 Å². The van der Waals surface area contributed by atoms with Gasteiger partial charge in [-0.15, -0.1) is 0 Å². The van der Waals surface area contributed by atoms with Gasteiger partial charge in [0.1, 0.15) is 0 Å². The number of hydrogen-bond acceptors (Lipinski definition) is 2. The van der Waals surface area contributed by atoms with Crippen LogP contribution in [0.25, 0.3) is 0 Å². The molecule has 1 aromatic carbocycles. The van der Waals surface area contributed by atoms with Crippen LogP contribution < -0.4 is 5.32 Å². The lowest BCUT2D eigenvalue weighted by Crippen LogP contribution is -2.48. The molecule has 0 bridgehead atoms. The summed E-state index contributed by atoms with van der Waals surface area (Å²) in [7, 11) is 1.83. The first kappa shape index (κ1) is 13.6. The minimum atomic E-state index is 0.357. The predicted octanol–water partition coefficient (Wildman–Crippen LogP) is 2.88. The molecule has 0 saturated carbocycles. The maximum Gasteiger partial charge on any atom is 0.0522 e. The summed E-state index contributed by atoms with van der Waals surface area (Å²) in [6.07, 6.45) is 3.60. The van der Waals surface area contributed by atoms with Gasteiger partial charge in [0.15, 0.2) is 0 Å². The molecule has 100 valence electrons. The molecule has 2 atom stereocenters. The predicted molar refractivity (Wildman–Crippen MR) is 75.7 cm³/mol. The third kappa shape index (κ3) is 2.93. The summed E-state index contributed by atoms with van der Waals surface area (Å²) in [5.41, 5.74) is 1.80. The van der Waals surface area contributed by atoms with Gasteiger partial charge in [-0.2, -0.15) is 0 Å². The van der Waals surface area contributed by atoms with E-state index in [1.54, 1.807) is 0 Å². The first-order chi connectivity index (χ1) is 8.80. The van der Waals surface area contributed by atoms with Gasteiger partial charge in [-0.25, -0.2) is 0 Å². The molecule has 1 N–H and O–H groups in total. The van der Waals surface area contributed by atoms with Crippen LogP contribution >= 0.6 is 0 Å². The molecule has 0 radical (unpaired) electrons. The van der Waals surface area contributed by atoms with Crippen molar-refractivity contribution in [3.05, 3.63) is 35.9 Å². The van der Waals surface area contributed by atoms with Crippen molar-refractivity contribution in [2.24, 2.45) is 11.3 Å². The molecule has 1 aliphatic heterocycles. The van der Waals surface area contributed by atoms with E-state index in [2.05, 4.69) is 42.6 Å². The zero-order valence-corrected chi connectivity index (χ0v) is 11.6. The van der Waals surface area contributed by atoms with Crippen LogP contribution in [-0.2, 0) is 11.2 Å². The van der Waals surface area contributed by atoms with Crippen LogP contribution in [0.5, 0.6) is 0 Å². The van der Waals surface area contributed by atoms with E-state index in [0.717, 1.165) is 26.1 Å². The quantitative estimate of drug-likeness (QED) is 0.864. The van der Waals surface area contributed by atoms with E-state index in [4.69, 9.17) is 4.74 Å². The number of methoxy groups -OCH3 is 1. The van der Waals surface area contributed by atoms with Crippen molar-refractivity contribution < 1.29 is 4.74 Å². The van der Waals surface area contributed by atoms with Gasteiger partial charge in [0, 0.05) is 7.11 Å². The molecule has 2 nitrogen and oxygen atoms in total. The Balaban J connectivity index is 2.12. The topological polar surface area (TPSA) is 21.3 Å². The summed E-state index contributed by atoms with van der Waals surface area (Å²) < 4.78 is 5.52. The van der Waals surface area contributed by atoms with Gasteiger partial charge in [0.2, 0.25) is 0 Å². The Bertz CT molecular complexity index is 347. The molecule has 1 heterocycles. The molecule has 0 spiro atoms. The van der Waals surface area contributed by atoms with Crippen LogP contribution in [0.2, 0.25) is 0 Å². The lowest BCUT2D eigenvalue weighted by atomic mass is 9.67. The van der Waals surface area contributed by atoms with Gasteiger partial charge in [0.05, 0.1) is 6.61 Å². The fourth-order valence-electron chi connectivity index (χ4n) is 3.27. The second kappa shape index (κ2) is 6.35. The summed E-state index contributed by atoms with van der Waals surface area (Å²) >= 11 is 0. The van der Waals surface area contributed by atoms with E-state index in [0.29, 0.717) is 11.3 Å². The Kier molecular flexibility index (Phi) is 4.79. The highest BCUT2D eigenvalue weighted by Gasteiger charge is 2.39. The van der Waals surface area contributed by atoms with Crippen LogP contribution in [0, 0.1) is 11.3 Å². The molecule has 2 heteroatoms. The van der Waals surface area contributed by atoms with Crippen molar-refractivity contribution in [2.45, 2.75) is 26.2 Å². The van der Waals surface area contributed by atoms with Crippen molar-refractivity contribution in [3.8, 4) is 0 Å². The largest absolute Gasteiger partial charge is 0.384 e. The SMILES string of the molecule is CCC1(COC)CCNCC1Cc1ccccc1. The first-order valence-electron chi connectivity index (χ1n) is 7.04. The highest BCUT2D eigenvalue weighted by molar-refractivity contribution is 5.16. The summed E-state index contributed by atoms with van der Waals surface area (Å²) in [5, 5.41) is 3.55. The van der Waals surface area contributed by atoms with Gasteiger partial charge in [0.25, 0.3) is 0 Å². The number of rotatable bonds is 5. The van der Waals surface area contributed by atoms with E-state index in [9.17, 15) is 0 Å². The van der Waals surface area contributed by atoms with Crippen LogP contribution in [0.15, 0.2) is 30.3 Å². The molecule has 1 aliphatic rings. The maximum atomic E-state index is 5.52. The molecular formula is C16H25NO. The van der Waals surface area contributed by atoms with Crippen LogP contribution in [0.4, 0.5) is 0 Å². The van der Waals surface area contributed by atoms with Gasteiger partial charge in [-0.3, -0.25) is 0 Å². The van der Waals surface area contributed by atoms with E-state index in [1.165, 1.54) is 18.4 Å². The van der Waals surface area contributed by atoms with Crippen molar-refractivity contribution in [2.75, 3.05) is 26.8 Å². The number of benzene rings is 1. The summed E-state index contributed by atoms with van der Waals surface area (Å²) in [6, 6.07) is 10.8. The molecule has 1 aromatic rings. The van der Waals surface area contributed by atoms with E-state index >= 15 is 0 Å². The minimum absolute atomic E-state index is 0.357. The lowest BCUT2D eigenvalue weighted by molar-refractivity contribution is 0.00519. The average Bonchev–Trinajstić information content (AvgIpc) is 2.42. The van der Waals surface area contributed by atoms with Crippen molar-refractivity contribution >= 4 is 0 Å². The third-order valence-electron chi connectivity index (χ3n) is 4.52. The zero-order chi connectivity index (χ0) is 12.8. The van der Waals surface area contributed by atoms with Crippen molar-refractivity contribution in [3.63, 3.8) is 0 Å². The normalized spacial score (nSPS) is 28.2. The number of nitrogens with one attached hydrogen (secondary N) is 1. The molecular weight excluding hydrogens is 222 g/mol. The molecule has 0 aromatic heterocycles. The molecule has 2 rings (SSSR count). The van der Waals surface area contributed by atoms with Gasteiger partial charge < -0.3 is 10.1 Å². The van der Waals surface area contributed by atoms with Crippen molar-refractivity contribution in [1.82, 2.24) is 5.32 Å². The Morgan fingerprint density at radius 2 is 2.11 bits per heavy atom. The second-order valence-corrected chi connectivity index (χ2v) is 5.49. The fourth-order valence-corrected chi connectivity index (χ4v) is 3.27. The standard InChI is InChI=1S/C16H25NO/c1-3-16(13-18-2)9-10-17-12-15(16)11-14-7-5-4-6-8-14/h4-8,15,17H,3,9-13H2,1-2H3. The number of hydrogen-bond donors (Lipinski definition) is 1. The second-order valence-electron chi connectivity index (χ2n) is 5.49. The van der Waals surface area contributed by atoms with Gasteiger partial charge in [-0.05, 0) is 49.2 Å². The molecule has 2 unspecified atom stereocenters. The maximum absolute atomic E-state index is 5.52. The Morgan fingerprint density at radius 1 is 1.33 bits per heavy atom. The Hall–Kier alpha value is -0.860. The fraction of sp³-hybridized carbons (Fsp3) is 0.625. The smallest absolute Gasteiger partial charge is 0.0522 e. The molecule has 18 heavy (non-hydrogen) atoms. The van der Waals surface area contributed by atoms with Crippen LogP contribution in [0.3, 0.4) is 0 Å². The summed E-state index contributed by atoms with van der Waals surface area (Å²) in [5.74, 6) is 0.679. The molecule has 0 aliphatic carbocycles. The summed E-state index contributed by atoms with van der Waals surface area (Å²) in [4.78, 5) is 0. The van der Waals surface area contributed by atoms with E-state index in [1.807, 2.05) is 7.11 Å². The zero-order valence-electron chi connectivity index (χ0n) is 11.6. The van der Waals surface area contributed by atoms with Crippen LogP contribution in [-0.4, -0.2) is 26.8 Å². The highest BCUT2D eigenvalue weighted by Crippen LogP contribution is 2.39. The lowest BCUT2D eigenvalue weighted by Gasteiger charge is -2.44. The molecule has 0 amide bonds. The molecule has 1 saturated heterocycles. The average molecular weight is 247 g/mol. The Morgan fingerprint density at radius 3 is 2.78 bits per heavy atom. The number of ether oxygens (including phenoxy) is 1. The van der Waals surface area contributed by atoms with E-state index in [-0.39, 0.29) is 0 Å².